The summed E-state index contributed by atoms with van der Waals surface area (Å²) in [6, 6.07) is 20.0. The van der Waals surface area contributed by atoms with E-state index in [1.54, 1.807) is 17.0 Å². The van der Waals surface area contributed by atoms with Gasteiger partial charge in [0.15, 0.2) is 5.82 Å². The zero-order valence-corrected chi connectivity index (χ0v) is 20.9. The first-order valence-corrected chi connectivity index (χ1v) is 11.7. The van der Waals surface area contributed by atoms with Gasteiger partial charge in [0.25, 0.3) is 0 Å². The number of hydrogen-bond acceptors (Lipinski definition) is 5. The number of rotatable bonds is 4. The average Bonchev–Trinajstić information content (AvgIpc) is 2.89. The van der Waals surface area contributed by atoms with Crippen molar-refractivity contribution in [3.05, 3.63) is 89.5 Å². The van der Waals surface area contributed by atoms with Crippen LogP contribution in [0, 0.1) is 23.0 Å². The Morgan fingerprint density at radius 1 is 1.03 bits per heavy atom. The molecular weight excluding hydrogens is 496 g/mol. The Kier molecular flexibility index (Phi) is 7.65. The molecule has 1 aliphatic heterocycles. The first-order chi connectivity index (χ1) is 17.4. The highest BCUT2D eigenvalue weighted by molar-refractivity contribution is 6.00. The van der Waals surface area contributed by atoms with E-state index in [1.807, 2.05) is 37.3 Å². The number of fused-ring (bicyclic) bond motifs is 1. The van der Waals surface area contributed by atoms with Gasteiger partial charge in [0.2, 0.25) is 5.91 Å². The van der Waals surface area contributed by atoms with Gasteiger partial charge >= 0.3 is 0 Å². The summed E-state index contributed by atoms with van der Waals surface area (Å²) in [6.07, 6.45) is -0.0585. The Morgan fingerprint density at radius 3 is 2.43 bits per heavy atom. The van der Waals surface area contributed by atoms with Crippen molar-refractivity contribution < 1.29 is 13.6 Å². The van der Waals surface area contributed by atoms with Crippen molar-refractivity contribution in [3.8, 4) is 17.3 Å². The van der Waals surface area contributed by atoms with Crippen LogP contribution in [0.5, 0.6) is 0 Å². The van der Waals surface area contributed by atoms with Crippen LogP contribution in [0.25, 0.3) is 22.0 Å². The number of aromatic nitrogens is 2. The summed E-state index contributed by atoms with van der Waals surface area (Å²) in [5.74, 6) is -0.283. The van der Waals surface area contributed by atoms with E-state index < -0.39 is 5.82 Å². The first kappa shape index (κ1) is 26.0. The molecule has 1 atom stereocenters. The lowest BCUT2D eigenvalue weighted by Gasteiger charge is -2.40. The maximum atomic E-state index is 14.3. The van der Waals surface area contributed by atoms with Crippen molar-refractivity contribution in [1.29, 1.82) is 5.26 Å². The second-order valence-corrected chi connectivity index (χ2v) is 8.90. The first-order valence-electron chi connectivity index (χ1n) is 11.7. The second kappa shape index (κ2) is 10.9. The highest BCUT2D eigenvalue weighted by atomic mass is 35.5. The molecule has 0 aliphatic carbocycles. The predicted molar refractivity (Wildman–Crippen MR) is 140 cm³/mol. The van der Waals surface area contributed by atoms with E-state index in [0.29, 0.717) is 25.3 Å². The van der Waals surface area contributed by atoms with E-state index in [0.717, 1.165) is 28.2 Å². The zero-order valence-electron chi connectivity index (χ0n) is 20.1. The average molecular weight is 520 g/mol. The molecule has 6 nitrogen and oxygen atoms in total. The van der Waals surface area contributed by atoms with Crippen LogP contribution in [0.3, 0.4) is 0 Å². The lowest BCUT2D eigenvalue weighted by molar-refractivity contribution is -0.132. The third kappa shape index (κ3) is 5.23. The second-order valence-electron chi connectivity index (χ2n) is 8.90. The normalized spacial score (nSPS) is 15.2. The molecule has 2 heterocycles. The van der Waals surface area contributed by atoms with Crippen molar-refractivity contribution >= 4 is 34.9 Å². The maximum absolute atomic E-state index is 14.3. The van der Waals surface area contributed by atoms with Crippen molar-refractivity contribution in [2.24, 2.45) is 0 Å². The highest BCUT2D eigenvalue weighted by Gasteiger charge is 2.29. The van der Waals surface area contributed by atoms with Crippen LogP contribution in [-0.2, 0) is 11.2 Å². The van der Waals surface area contributed by atoms with Crippen molar-refractivity contribution in [2.75, 3.05) is 24.5 Å². The fourth-order valence-electron chi connectivity index (χ4n) is 4.69. The molecule has 37 heavy (non-hydrogen) atoms. The van der Waals surface area contributed by atoms with Gasteiger partial charge in [0.1, 0.15) is 17.3 Å². The Morgan fingerprint density at radius 2 is 1.76 bits per heavy atom. The Balaban J connectivity index is 0.00000320. The van der Waals surface area contributed by atoms with E-state index in [1.165, 1.54) is 24.3 Å². The molecule has 0 bridgehead atoms. The quantitative estimate of drug-likeness (QED) is 0.373. The van der Waals surface area contributed by atoms with Gasteiger partial charge in [-0.05, 0) is 48.9 Å². The van der Waals surface area contributed by atoms with Crippen LogP contribution in [-0.4, -0.2) is 46.7 Å². The van der Waals surface area contributed by atoms with Crippen LogP contribution in [0.15, 0.2) is 66.7 Å². The molecule has 0 saturated carbocycles. The number of carbonyl (C=O) groups is 1. The number of halogens is 3. The fourth-order valence-corrected chi connectivity index (χ4v) is 4.69. The fraction of sp³-hybridized carbons (Fsp3) is 0.214. The summed E-state index contributed by atoms with van der Waals surface area (Å²) < 4.78 is 27.7. The molecule has 1 aromatic heterocycles. The number of carbonyl (C=O) groups excluding carboxylic acids is 1. The topological polar surface area (TPSA) is 73.1 Å². The van der Waals surface area contributed by atoms with Crippen LogP contribution in [0.1, 0.15) is 18.1 Å². The van der Waals surface area contributed by atoms with Gasteiger partial charge in [-0.25, -0.2) is 8.78 Å². The van der Waals surface area contributed by atoms with E-state index in [2.05, 4.69) is 15.1 Å². The lowest BCUT2D eigenvalue weighted by atomic mass is 10.0. The van der Waals surface area contributed by atoms with Crippen LogP contribution in [0.4, 0.5) is 14.6 Å². The lowest BCUT2D eigenvalue weighted by Crippen LogP contribution is -2.54. The molecule has 0 N–H and O–H groups in total. The smallest absolute Gasteiger partial charge is 0.227 e. The van der Waals surface area contributed by atoms with Gasteiger partial charge in [-0.3, -0.25) is 4.79 Å². The maximum Gasteiger partial charge on any atom is 0.227 e. The molecule has 0 radical (unpaired) electrons. The molecule has 9 heteroatoms. The minimum Gasteiger partial charge on any atom is -0.351 e. The molecule has 1 aliphatic rings. The molecule has 1 saturated heterocycles. The molecule has 0 unspecified atom stereocenters. The molecule has 1 fully saturated rings. The van der Waals surface area contributed by atoms with Gasteiger partial charge < -0.3 is 9.80 Å². The van der Waals surface area contributed by atoms with Gasteiger partial charge in [0.05, 0.1) is 18.1 Å². The van der Waals surface area contributed by atoms with Crippen LogP contribution in [0.2, 0.25) is 0 Å². The van der Waals surface area contributed by atoms with Crippen molar-refractivity contribution in [1.82, 2.24) is 15.1 Å². The zero-order chi connectivity index (χ0) is 25.2. The largest absolute Gasteiger partial charge is 0.351 e. The molecular formula is C28H24ClF2N5O. The Hall–Kier alpha value is -4.09. The summed E-state index contributed by atoms with van der Waals surface area (Å²) in [5.41, 5.74) is 1.97. The number of hydrogen-bond donors (Lipinski definition) is 0. The third-order valence-corrected chi connectivity index (χ3v) is 6.56. The third-order valence-electron chi connectivity index (χ3n) is 6.56. The number of piperazine rings is 1. The highest BCUT2D eigenvalue weighted by Crippen LogP contribution is 2.32. The van der Waals surface area contributed by atoms with E-state index in [4.69, 9.17) is 5.26 Å². The Bertz CT molecular complexity index is 1490. The van der Waals surface area contributed by atoms with E-state index >= 15 is 0 Å². The van der Waals surface area contributed by atoms with Gasteiger partial charge in [-0.15, -0.1) is 22.6 Å². The minimum absolute atomic E-state index is 0. The molecule has 4 aromatic rings. The SMILES string of the molecule is C[C@H]1CN(c2nnc(-c3ccc(F)cc3)c3ccccc23)CCN1C(=O)Cc1ccc(C#N)cc1F.Cl. The number of nitriles is 1. The standard InChI is InChI=1S/C28H23F2N5O.ClH/c1-18-17-34(12-13-35(18)26(36)15-21-7-6-19(16-31)14-25(21)30)28-24-5-3-2-4-23(24)27(32-33-28)20-8-10-22(29)11-9-20;/h2-11,14,18H,12-13,15,17H2,1H3;1H/t18-;/m0./s1. The number of amides is 1. The molecule has 188 valence electrons. The van der Waals surface area contributed by atoms with Crippen molar-refractivity contribution in [3.63, 3.8) is 0 Å². The summed E-state index contributed by atoms with van der Waals surface area (Å²) in [7, 11) is 0. The van der Waals surface area contributed by atoms with Gasteiger partial charge in [-0.1, -0.05) is 30.3 Å². The number of anilines is 1. The molecule has 0 spiro atoms. The number of nitrogens with zero attached hydrogens (tertiary/aromatic N) is 5. The van der Waals surface area contributed by atoms with Gasteiger partial charge in [-0.2, -0.15) is 5.26 Å². The predicted octanol–water partition coefficient (Wildman–Crippen LogP) is 5.15. The monoisotopic (exact) mass is 519 g/mol. The van der Waals surface area contributed by atoms with E-state index in [9.17, 15) is 13.6 Å². The minimum atomic E-state index is -0.545. The number of benzene rings is 3. The van der Waals surface area contributed by atoms with E-state index in [-0.39, 0.29) is 47.7 Å². The van der Waals surface area contributed by atoms with Crippen molar-refractivity contribution in [2.45, 2.75) is 19.4 Å². The van der Waals surface area contributed by atoms with Crippen LogP contribution >= 0.6 is 12.4 Å². The van der Waals surface area contributed by atoms with Gasteiger partial charge in [0, 0.05) is 42.0 Å². The molecule has 3 aromatic carbocycles. The summed E-state index contributed by atoms with van der Waals surface area (Å²) in [5, 5.41) is 19.8. The van der Waals surface area contributed by atoms with Crippen LogP contribution < -0.4 is 4.90 Å². The Labute approximate surface area is 219 Å². The molecule has 5 rings (SSSR count). The molecule has 1 amide bonds. The summed E-state index contributed by atoms with van der Waals surface area (Å²) in [4.78, 5) is 16.9. The summed E-state index contributed by atoms with van der Waals surface area (Å²) >= 11 is 0. The summed E-state index contributed by atoms with van der Waals surface area (Å²) in [6.45, 7) is 3.53.